The Morgan fingerprint density at radius 3 is 2.56 bits per heavy atom. The molecular formula is C20H17F2N3. The highest BCUT2D eigenvalue weighted by Gasteiger charge is 2.19. The maximum atomic E-state index is 14.0. The lowest BCUT2D eigenvalue weighted by molar-refractivity contribution is 0.607. The fraction of sp³-hybridized carbons (Fsp3) is 0.200. The Hall–Kier alpha value is -2.66. The van der Waals surface area contributed by atoms with Crippen LogP contribution in [-0.2, 0) is 19.4 Å². The van der Waals surface area contributed by atoms with Crippen molar-refractivity contribution < 1.29 is 8.78 Å². The molecule has 2 aromatic carbocycles. The second-order valence-electron chi connectivity index (χ2n) is 6.12. The van der Waals surface area contributed by atoms with Gasteiger partial charge in [-0.1, -0.05) is 18.2 Å². The zero-order valence-corrected chi connectivity index (χ0v) is 13.6. The van der Waals surface area contributed by atoms with Crippen LogP contribution in [0.2, 0.25) is 0 Å². The molecule has 0 radical (unpaired) electrons. The van der Waals surface area contributed by atoms with Gasteiger partial charge in [0.05, 0.1) is 11.4 Å². The first-order valence-corrected chi connectivity index (χ1v) is 8.29. The van der Waals surface area contributed by atoms with E-state index in [4.69, 9.17) is 0 Å². The Bertz CT molecular complexity index is 907. The van der Waals surface area contributed by atoms with Gasteiger partial charge in [0, 0.05) is 37.1 Å². The lowest BCUT2D eigenvalue weighted by atomic mass is 9.99. The van der Waals surface area contributed by atoms with Crippen LogP contribution < -0.4 is 5.32 Å². The van der Waals surface area contributed by atoms with Gasteiger partial charge in [-0.25, -0.2) is 18.7 Å². The van der Waals surface area contributed by atoms with Gasteiger partial charge in [-0.05, 0) is 35.9 Å². The molecule has 1 aliphatic heterocycles. The summed E-state index contributed by atoms with van der Waals surface area (Å²) in [5.74, 6) is 0.0512. The number of aromatic nitrogens is 2. The summed E-state index contributed by atoms with van der Waals surface area (Å²) >= 11 is 0. The van der Waals surface area contributed by atoms with Crippen LogP contribution in [0.4, 0.5) is 8.78 Å². The van der Waals surface area contributed by atoms with Crippen LogP contribution >= 0.6 is 0 Å². The number of halogens is 2. The van der Waals surface area contributed by atoms with Gasteiger partial charge in [0.2, 0.25) is 0 Å². The van der Waals surface area contributed by atoms with Gasteiger partial charge in [0.15, 0.2) is 0 Å². The minimum atomic E-state index is -0.281. The zero-order valence-electron chi connectivity index (χ0n) is 13.6. The number of nitrogens with one attached hydrogen (secondary N) is 1. The van der Waals surface area contributed by atoms with Gasteiger partial charge in [0.1, 0.15) is 17.5 Å². The number of hydrogen-bond acceptors (Lipinski definition) is 3. The zero-order chi connectivity index (χ0) is 17.2. The molecule has 2 heterocycles. The molecule has 1 aromatic heterocycles. The molecule has 0 fully saturated rings. The van der Waals surface area contributed by atoms with E-state index in [9.17, 15) is 8.78 Å². The van der Waals surface area contributed by atoms with E-state index in [-0.39, 0.29) is 11.6 Å². The largest absolute Gasteiger partial charge is 0.312 e. The molecule has 0 aliphatic carbocycles. The smallest absolute Gasteiger partial charge is 0.133 e. The fourth-order valence-electron chi connectivity index (χ4n) is 3.13. The summed E-state index contributed by atoms with van der Waals surface area (Å²) in [4.78, 5) is 9.34. The second kappa shape index (κ2) is 6.69. The van der Waals surface area contributed by atoms with Crippen molar-refractivity contribution in [3.8, 4) is 11.3 Å². The topological polar surface area (TPSA) is 37.8 Å². The van der Waals surface area contributed by atoms with Gasteiger partial charge in [0.25, 0.3) is 0 Å². The Morgan fingerprint density at radius 2 is 1.76 bits per heavy atom. The van der Waals surface area contributed by atoms with E-state index >= 15 is 0 Å². The minimum absolute atomic E-state index is 0.256. The van der Waals surface area contributed by atoms with Crippen LogP contribution in [0.25, 0.3) is 11.3 Å². The van der Waals surface area contributed by atoms with Crippen molar-refractivity contribution in [2.75, 3.05) is 6.54 Å². The van der Waals surface area contributed by atoms with E-state index in [1.165, 1.54) is 18.2 Å². The summed E-state index contributed by atoms with van der Waals surface area (Å²) in [5, 5.41) is 3.33. The van der Waals surface area contributed by atoms with Crippen molar-refractivity contribution in [2.45, 2.75) is 19.4 Å². The SMILES string of the molecule is Fc1ccc(-c2nc(Cc3ccccc3F)nc3c2CNCC3)cc1. The Balaban J connectivity index is 1.79. The van der Waals surface area contributed by atoms with Crippen LogP contribution in [0.5, 0.6) is 0 Å². The van der Waals surface area contributed by atoms with Gasteiger partial charge >= 0.3 is 0 Å². The van der Waals surface area contributed by atoms with Gasteiger partial charge < -0.3 is 5.32 Å². The van der Waals surface area contributed by atoms with E-state index in [1.807, 2.05) is 6.07 Å². The molecule has 0 saturated carbocycles. The summed E-state index contributed by atoms with van der Waals surface area (Å²) in [6.45, 7) is 1.54. The Morgan fingerprint density at radius 1 is 0.960 bits per heavy atom. The van der Waals surface area contributed by atoms with E-state index in [2.05, 4.69) is 15.3 Å². The molecule has 4 rings (SSSR count). The molecule has 126 valence electrons. The van der Waals surface area contributed by atoms with Crippen LogP contribution in [0.15, 0.2) is 48.5 Å². The molecule has 0 amide bonds. The summed E-state index contributed by atoms with van der Waals surface area (Å²) in [5.41, 5.74) is 4.23. The third kappa shape index (κ3) is 3.28. The number of benzene rings is 2. The quantitative estimate of drug-likeness (QED) is 0.793. The molecule has 0 saturated heterocycles. The highest BCUT2D eigenvalue weighted by atomic mass is 19.1. The maximum Gasteiger partial charge on any atom is 0.133 e. The standard InChI is InChI=1S/C20H17F2N3/c21-15-7-5-13(6-8-15)20-16-12-23-10-9-18(16)24-19(25-20)11-14-3-1-2-4-17(14)22/h1-8,23H,9-12H2. The normalized spacial score (nSPS) is 13.5. The first-order chi connectivity index (χ1) is 12.2. The van der Waals surface area contributed by atoms with Crippen LogP contribution in [0.1, 0.15) is 22.6 Å². The molecule has 0 unspecified atom stereocenters. The van der Waals surface area contributed by atoms with Crippen molar-refractivity contribution in [3.05, 3.63) is 82.8 Å². The third-order valence-corrected chi connectivity index (χ3v) is 4.40. The van der Waals surface area contributed by atoms with Crippen molar-refractivity contribution >= 4 is 0 Å². The lowest BCUT2D eigenvalue weighted by Gasteiger charge is -2.20. The highest BCUT2D eigenvalue weighted by Crippen LogP contribution is 2.27. The number of hydrogen-bond donors (Lipinski definition) is 1. The van der Waals surface area contributed by atoms with Crippen LogP contribution in [-0.4, -0.2) is 16.5 Å². The number of fused-ring (bicyclic) bond motifs is 1. The molecule has 1 aliphatic rings. The lowest BCUT2D eigenvalue weighted by Crippen LogP contribution is -2.26. The minimum Gasteiger partial charge on any atom is -0.312 e. The molecule has 0 spiro atoms. The molecule has 25 heavy (non-hydrogen) atoms. The first-order valence-electron chi connectivity index (χ1n) is 8.29. The monoisotopic (exact) mass is 337 g/mol. The first kappa shape index (κ1) is 15.8. The molecule has 5 heteroatoms. The molecule has 3 aromatic rings. The predicted octanol–water partition coefficient (Wildman–Crippen LogP) is 3.66. The maximum absolute atomic E-state index is 14.0. The van der Waals surface area contributed by atoms with E-state index in [0.717, 1.165) is 35.5 Å². The van der Waals surface area contributed by atoms with E-state index in [1.54, 1.807) is 24.3 Å². The Kier molecular flexibility index (Phi) is 4.24. The molecule has 0 atom stereocenters. The van der Waals surface area contributed by atoms with Crippen molar-refractivity contribution in [1.82, 2.24) is 15.3 Å². The van der Waals surface area contributed by atoms with E-state index in [0.29, 0.717) is 24.4 Å². The molecule has 3 nitrogen and oxygen atoms in total. The molecule has 0 bridgehead atoms. The highest BCUT2D eigenvalue weighted by molar-refractivity contribution is 5.64. The fourth-order valence-corrected chi connectivity index (χ4v) is 3.13. The summed E-state index contributed by atoms with van der Waals surface area (Å²) in [7, 11) is 0. The molecular weight excluding hydrogens is 320 g/mol. The summed E-state index contributed by atoms with van der Waals surface area (Å²) in [6, 6.07) is 13.0. The van der Waals surface area contributed by atoms with Gasteiger partial charge in [-0.2, -0.15) is 0 Å². The Labute approximate surface area is 144 Å². The summed E-state index contributed by atoms with van der Waals surface area (Å²) < 4.78 is 27.2. The van der Waals surface area contributed by atoms with Crippen molar-refractivity contribution in [1.29, 1.82) is 0 Å². The number of nitrogens with zero attached hydrogens (tertiary/aromatic N) is 2. The average molecular weight is 337 g/mol. The summed E-state index contributed by atoms with van der Waals surface area (Å²) in [6.07, 6.45) is 1.14. The van der Waals surface area contributed by atoms with Gasteiger partial charge in [-0.15, -0.1) is 0 Å². The average Bonchev–Trinajstić information content (AvgIpc) is 2.64. The number of rotatable bonds is 3. The van der Waals surface area contributed by atoms with Crippen LogP contribution in [0.3, 0.4) is 0 Å². The van der Waals surface area contributed by atoms with E-state index < -0.39 is 0 Å². The molecule has 1 N–H and O–H groups in total. The van der Waals surface area contributed by atoms with Crippen molar-refractivity contribution in [3.63, 3.8) is 0 Å². The predicted molar refractivity (Wildman–Crippen MR) is 92.0 cm³/mol. The van der Waals surface area contributed by atoms with Gasteiger partial charge in [-0.3, -0.25) is 0 Å². The van der Waals surface area contributed by atoms with Crippen LogP contribution in [0, 0.1) is 11.6 Å². The van der Waals surface area contributed by atoms with Crippen molar-refractivity contribution in [2.24, 2.45) is 0 Å². The second-order valence-corrected chi connectivity index (χ2v) is 6.12. The third-order valence-electron chi connectivity index (χ3n) is 4.40.